The van der Waals surface area contributed by atoms with Crippen molar-refractivity contribution in [1.82, 2.24) is 14.8 Å². The van der Waals surface area contributed by atoms with Crippen LogP contribution in [0.2, 0.25) is 0 Å². The summed E-state index contributed by atoms with van der Waals surface area (Å²) in [4.78, 5) is 21.8. The third kappa shape index (κ3) is 3.63. The summed E-state index contributed by atoms with van der Waals surface area (Å²) in [7, 11) is 0. The molecule has 2 aliphatic rings. The van der Waals surface area contributed by atoms with Gasteiger partial charge in [0.25, 0.3) is 5.91 Å². The molecule has 3 rings (SSSR count). The van der Waals surface area contributed by atoms with Crippen molar-refractivity contribution in [3.05, 3.63) is 23.9 Å². The van der Waals surface area contributed by atoms with Crippen LogP contribution in [-0.4, -0.2) is 58.7 Å². The average Bonchev–Trinajstić information content (AvgIpc) is 3.19. The molecule has 1 amide bonds. The van der Waals surface area contributed by atoms with Gasteiger partial charge >= 0.3 is 0 Å². The van der Waals surface area contributed by atoms with Gasteiger partial charge in [0.1, 0.15) is 0 Å². The number of amides is 1. The molecule has 0 unspecified atom stereocenters. The molecule has 3 heterocycles. The molecule has 2 saturated heterocycles. The average molecular weight is 319 g/mol. The smallest absolute Gasteiger partial charge is 0.254 e. The molecule has 0 aromatic carbocycles. The van der Waals surface area contributed by atoms with Gasteiger partial charge in [-0.05, 0) is 56.7 Å². The van der Waals surface area contributed by atoms with Crippen molar-refractivity contribution in [2.45, 2.75) is 43.7 Å². The minimum absolute atomic E-state index is 0.182. The van der Waals surface area contributed by atoms with Gasteiger partial charge in [0.2, 0.25) is 0 Å². The van der Waals surface area contributed by atoms with Gasteiger partial charge in [-0.3, -0.25) is 4.79 Å². The van der Waals surface area contributed by atoms with E-state index in [4.69, 9.17) is 0 Å². The first-order chi connectivity index (χ1) is 10.8. The fourth-order valence-corrected chi connectivity index (χ4v) is 4.13. The fraction of sp³-hybridized carbons (Fsp3) is 0.647. The van der Waals surface area contributed by atoms with Gasteiger partial charge < -0.3 is 9.80 Å². The molecule has 4 nitrogen and oxygen atoms in total. The molecule has 120 valence electrons. The van der Waals surface area contributed by atoms with E-state index in [0.29, 0.717) is 6.04 Å². The fourth-order valence-electron chi connectivity index (χ4n) is 3.49. The minimum Gasteiger partial charge on any atom is -0.334 e. The van der Waals surface area contributed by atoms with Gasteiger partial charge in [0.05, 0.1) is 5.03 Å². The summed E-state index contributed by atoms with van der Waals surface area (Å²) >= 11 is 1.69. The van der Waals surface area contributed by atoms with Crippen LogP contribution >= 0.6 is 11.8 Å². The van der Waals surface area contributed by atoms with E-state index in [-0.39, 0.29) is 5.91 Å². The summed E-state index contributed by atoms with van der Waals surface area (Å²) in [5.74, 6) is 1.16. The lowest BCUT2D eigenvalue weighted by atomic mass is 10.2. The first-order valence-electron chi connectivity index (χ1n) is 8.40. The van der Waals surface area contributed by atoms with Crippen molar-refractivity contribution in [3.63, 3.8) is 0 Å². The summed E-state index contributed by atoms with van der Waals surface area (Å²) in [6.07, 6.45) is 6.65. The Morgan fingerprint density at radius 1 is 1.32 bits per heavy atom. The first kappa shape index (κ1) is 15.8. The third-order valence-electron chi connectivity index (χ3n) is 4.58. The molecule has 1 aromatic heterocycles. The van der Waals surface area contributed by atoms with Crippen LogP contribution in [0.25, 0.3) is 0 Å². The Kier molecular flexibility index (Phi) is 5.37. The molecule has 0 aliphatic carbocycles. The standard InChI is InChI=1S/C17H25N3OS/c1-2-22-16-12-14(7-8-18-16)17(21)20-11-5-6-15(20)13-19-9-3-4-10-19/h7-8,12,15H,2-6,9-11,13H2,1H3/t15-/m1/s1. The number of nitrogens with zero attached hydrogens (tertiary/aromatic N) is 3. The molecule has 2 aliphatic heterocycles. The maximum absolute atomic E-state index is 12.9. The zero-order chi connectivity index (χ0) is 15.4. The lowest BCUT2D eigenvalue weighted by Crippen LogP contribution is -2.42. The number of hydrogen-bond donors (Lipinski definition) is 0. The topological polar surface area (TPSA) is 36.4 Å². The summed E-state index contributed by atoms with van der Waals surface area (Å²) in [5, 5.41) is 0.948. The van der Waals surface area contributed by atoms with Gasteiger partial charge in [-0.25, -0.2) is 4.98 Å². The van der Waals surface area contributed by atoms with Crippen LogP contribution in [-0.2, 0) is 0 Å². The Hall–Kier alpha value is -1.07. The van der Waals surface area contributed by atoms with E-state index in [0.717, 1.165) is 42.3 Å². The third-order valence-corrected chi connectivity index (χ3v) is 5.39. The molecule has 0 N–H and O–H groups in total. The van der Waals surface area contributed by atoms with Gasteiger partial charge in [-0.15, -0.1) is 11.8 Å². The molecule has 2 fully saturated rings. The van der Waals surface area contributed by atoms with Crippen molar-refractivity contribution in [1.29, 1.82) is 0 Å². The summed E-state index contributed by atoms with van der Waals surface area (Å²) < 4.78 is 0. The highest BCUT2D eigenvalue weighted by atomic mass is 32.2. The number of rotatable bonds is 5. The van der Waals surface area contributed by atoms with E-state index in [1.807, 2.05) is 12.1 Å². The highest BCUT2D eigenvalue weighted by Crippen LogP contribution is 2.24. The second-order valence-corrected chi connectivity index (χ2v) is 7.40. The van der Waals surface area contributed by atoms with Crippen LogP contribution < -0.4 is 0 Å². The number of hydrogen-bond acceptors (Lipinski definition) is 4. The number of pyridine rings is 1. The highest BCUT2D eigenvalue weighted by molar-refractivity contribution is 7.99. The Balaban J connectivity index is 1.68. The van der Waals surface area contributed by atoms with E-state index in [1.54, 1.807) is 18.0 Å². The predicted molar refractivity (Wildman–Crippen MR) is 90.4 cm³/mol. The lowest BCUT2D eigenvalue weighted by Gasteiger charge is -2.28. The van der Waals surface area contributed by atoms with Crippen molar-refractivity contribution in [3.8, 4) is 0 Å². The molecule has 0 radical (unpaired) electrons. The van der Waals surface area contributed by atoms with E-state index in [1.165, 1.54) is 25.9 Å². The van der Waals surface area contributed by atoms with Crippen LogP contribution in [0, 0.1) is 0 Å². The Morgan fingerprint density at radius 3 is 2.91 bits per heavy atom. The van der Waals surface area contributed by atoms with Crippen LogP contribution in [0.4, 0.5) is 0 Å². The van der Waals surface area contributed by atoms with Crippen molar-refractivity contribution >= 4 is 17.7 Å². The monoisotopic (exact) mass is 319 g/mol. The molecular formula is C17H25N3OS. The number of thioether (sulfide) groups is 1. The van der Waals surface area contributed by atoms with Gasteiger partial charge in [-0.1, -0.05) is 6.92 Å². The van der Waals surface area contributed by atoms with Crippen LogP contribution in [0.1, 0.15) is 43.0 Å². The van der Waals surface area contributed by atoms with Gasteiger partial charge in [-0.2, -0.15) is 0 Å². The molecule has 22 heavy (non-hydrogen) atoms. The maximum atomic E-state index is 12.9. The Morgan fingerprint density at radius 2 is 2.14 bits per heavy atom. The normalized spacial score (nSPS) is 22.4. The van der Waals surface area contributed by atoms with Gasteiger partial charge in [0, 0.05) is 30.9 Å². The molecule has 0 saturated carbocycles. The van der Waals surface area contributed by atoms with Crippen molar-refractivity contribution < 1.29 is 4.79 Å². The molecule has 1 aromatic rings. The maximum Gasteiger partial charge on any atom is 0.254 e. The number of carbonyl (C=O) groups is 1. The molecule has 0 spiro atoms. The summed E-state index contributed by atoms with van der Waals surface area (Å²) in [6, 6.07) is 4.19. The molecule has 0 bridgehead atoms. The molecular weight excluding hydrogens is 294 g/mol. The van der Waals surface area contributed by atoms with E-state index in [9.17, 15) is 4.79 Å². The van der Waals surface area contributed by atoms with Crippen LogP contribution in [0.5, 0.6) is 0 Å². The summed E-state index contributed by atoms with van der Waals surface area (Å²) in [6.45, 7) is 6.45. The highest BCUT2D eigenvalue weighted by Gasteiger charge is 2.31. The molecule has 1 atom stereocenters. The summed E-state index contributed by atoms with van der Waals surface area (Å²) in [5.41, 5.74) is 0.791. The predicted octanol–water partition coefficient (Wildman–Crippen LogP) is 2.89. The van der Waals surface area contributed by atoms with E-state index in [2.05, 4.69) is 21.7 Å². The van der Waals surface area contributed by atoms with E-state index >= 15 is 0 Å². The quantitative estimate of drug-likeness (QED) is 0.782. The Bertz CT molecular complexity index is 516. The zero-order valence-corrected chi connectivity index (χ0v) is 14.1. The Labute approximate surface area is 137 Å². The largest absolute Gasteiger partial charge is 0.334 e. The van der Waals surface area contributed by atoms with Crippen LogP contribution in [0.15, 0.2) is 23.4 Å². The SMILES string of the molecule is CCSc1cc(C(=O)N2CCC[C@@H]2CN2CCCC2)ccn1. The van der Waals surface area contributed by atoms with Crippen molar-refractivity contribution in [2.75, 3.05) is 31.9 Å². The second-order valence-electron chi connectivity index (χ2n) is 6.12. The first-order valence-corrected chi connectivity index (χ1v) is 9.38. The number of aromatic nitrogens is 1. The van der Waals surface area contributed by atoms with Crippen LogP contribution in [0.3, 0.4) is 0 Å². The number of carbonyl (C=O) groups excluding carboxylic acids is 1. The van der Waals surface area contributed by atoms with Gasteiger partial charge in [0.15, 0.2) is 0 Å². The zero-order valence-electron chi connectivity index (χ0n) is 13.3. The number of likely N-dealkylation sites (tertiary alicyclic amines) is 2. The lowest BCUT2D eigenvalue weighted by molar-refractivity contribution is 0.0708. The van der Waals surface area contributed by atoms with E-state index < -0.39 is 0 Å². The second kappa shape index (κ2) is 7.47. The molecule has 5 heteroatoms. The van der Waals surface area contributed by atoms with Crippen molar-refractivity contribution in [2.24, 2.45) is 0 Å². The minimum atomic E-state index is 0.182.